The van der Waals surface area contributed by atoms with Gasteiger partial charge in [-0.15, -0.1) is 5.73 Å². The van der Waals surface area contributed by atoms with Gasteiger partial charge in [0.15, 0.2) is 0 Å². The van der Waals surface area contributed by atoms with E-state index < -0.39 is 0 Å². The average molecular weight is 326 g/mol. The molecule has 1 nitrogen and oxygen atoms in total. The summed E-state index contributed by atoms with van der Waals surface area (Å²) in [6.45, 7) is 0. The second-order valence-electron chi connectivity index (χ2n) is 6.17. The van der Waals surface area contributed by atoms with E-state index in [-0.39, 0.29) is 6.10 Å². The minimum atomic E-state index is -0.380. The van der Waals surface area contributed by atoms with Crippen molar-refractivity contribution in [3.63, 3.8) is 0 Å². The molecule has 1 N–H and O–H groups in total. The van der Waals surface area contributed by atoms with Crippen LogP contribution >= 0.6 is 0 Å². The summed E-state index contributed by atoms with van der Waals surface area (Å²) in [6.07, 6.45) is 7.40. The maximum absolute atomic E-state index is 10.2. The van der Waals surface area contributed by atoms with Gasteiger partial charge in [-0.1, -0.05) is 78.9 Å². The SMILES string of the molecule is O[C@@H]1CCCCC1=C=C(C#C/C=C/c1ccccc1)c1ccccc1. The normalized spacial score (nSPS) is 16.8. The monoisotopic (exact) mass is 326 g/mol. The fraction of sp³-hybridized carbons (Fsp3) is 0.208. The molecule has 0 saturated heterocycles. The zero-order valence-corrected chi connectivity index (χ0v) is 14.3. The van der Waals surface area contributed by atoms with Crippen LogP contribution in [-0.4, -0.2) is 11.2 Å². The summed E-state index contributed by atoms with van der Waals surface area (Å²) in [6, 6.07) is 20.2. The zero-order chi connectivity index (χ0) is 17.3. The molecule has 0 bridgehead atoms. The summed E-state index contributed by atoms with van der Waals surface area (Å²) in [5.41, 5.74) is 7.38. The van der Waals surface area contributed by atoms with Gasteiger partial charge in [-0.05, 0) is 42.5 Å². The lowest BCUT2D eigenvalue weighted by atomic mass is 9.91. The Hall–Kier alpha value is -2.78. The summed E-state index contributed by atoms with van der Waals surface area (Å²) in [7, 11) is 0. The number of aliphatic hydroxyl groups is 1. The smallest absolute Gasteiger partial charge is 0.0824 e. The van der Waals surface area contributed by atoms with Crippen LogP contribution in [0.25, 0.3) is 11.6 Å². The molecule has 25 heavy (non-hydrogen) atoms. The highest BCUT2D eigenvalue weighted by atomic mass is 16.3. The van der Waals surface area contributed by atoms with Crippen LogP contribution in [0.4, 0.5) is 0 Å². The van der Waals surface area contributed by atoms with Gasteiger partial charge in [0.25, 0.3) is 0 Å². The summed E-state index contributed by atoms with van der Waals surface area (Å²) in [4.78, 5) is 0. The summed E-state index contributed by atoms with van der Waals surface area (Å²) >= 11 is 0. The van der Waals surface area contributed by atoms with Crippen LogP contribution in [0.15, 0.2) is 78.0 Å². The highest BCUT2D eigenvalue weighted by molar-refractivity contribution is 5.79. The van der Waals surface area contributed by atoms with Crippen LogP contribution in [0, 0.1) is 11.8 Å². The molecule has 0 aromatic heterocycles. The third-order valence-corrected chi connectivity index (χ3v) is 4.28. The van der Waals surface area contributed by atoms with Gasteiger partial charge in [0.1, 0.15) is 0 Å². The number of allylic oxidation sites excluding steroid dienone is 1. The van der Waals surface area contributed by atoms with Crippen molar-refractivity contribution < 1.29 is 5.11 Å². The van der Waals surface area contributed by atoms with E-state index in [1.54, 1.807) is 0 Å². The Morgan fingerprint density at radius 1 is 0.960 bits per heavy atom. The van der Waals surface area contributed by atoms with E-state index in [2.05, 4.69) is 17.6 Å². The highest BCUT2D eigenvalue weighted by Gasteiger charge is 2.15. The first-order valence-electron chi connectivity index (χ1n) is 8.79. The van der Waals surface area contributed by atoms with E-state index in [0.717, 1.165) is 48.0 Å². The van der Waals surface area contributed by atoms with E-state index in [9.17, 15) is 5.11 Å². The van der Waals surface area contributed by atoms with Gasteiger partial charge in [0.05, 0.1) is 11.7 Å². The molecular weight excluding hydrogens is 304 g/mol. The summed E-state index contributed by atoms with van der Waals surface area (Å²) in [5, 5.41) is 10.2. The van der Waals surface area contributed by atoms with Gasteiger partial charge < -0.3 is 5.11 Å². The van der Waals surface area contributed by atoms with Crippen LogP contribution < -0.4 is 0 Å². The molecule has 2 aromatic rings. The van der Waals surface area contributed by atoms with Crippen molar-refractivity contribution in [1.82, 2.24) is 0 Å². The molecule has 1 fully saturated rings. The molecule has 0 radical (unpaired) electrons. The molecular formula is C24H22O. The second kappa shape index (κ2) is 8.90. The van der Waals surface area contributed by atoms with Crippen molar-refractivity contribution in [1.29, 1.82) is 0 Å². The molecule has 1 aliphatic rings. The predicted octanol–water partition coefficient (Wildman–Crippen LogP) is 5.25. The minimum absolute atomic E-state index is 0.380. The van der Waals surface area contributed by atoms with Crippen LogP contribution in [0.3, 0.4) is 0 Å². The highest BCUT2D eigenvalue weighted by Crippen LogP contribution is 2.24. The van der Waals surface area contributed by atoms with Crippen molar-refractivity contribution >= 4 is 11.6 Å². The maximum Gasteiger partial charge on any atom is 0.0824 e. The van der Waals surface area contributed by atoms with Crippen LogP contribution in [-0.2, 0) is 0 Å². The molecule has 1 saturated carbocycles. The molecule has 0 amide bonds. The van der Waals surface area contributed by atoms with E-state index in [4.69, 9.17) is 0 Å². The molecule has 0 unspecified atom stereocenters. The molecule has 124 valence electrons. The van der Waals surface area contributed by atoms with E-state index >= 15 is 0 Å². The lowest BCUT2D eigenvalue weighted by Crippen LogP contribution is -2.14. The Morgan fingerprint density at radius 2 is 1.68 bits per heavy atom. The molecule has 0 heterocycles. The zero-order valence-electron chi connectivity index (χ0n) is 14.3. The summed E-state index contributed by atoms with van der Waals surface area (Å²) < 4.78 is 0. The molecule has 3 rings (SSSR count). The standard InChI is InChI=1S/C24H22O/c25-24-18-10-9-17-23(24)19-22(21-14-5-2-6-15-21)16-8-7-13-20-11-3-1-4-12-20/h1-7,11-15,24-25H,9-10,17-18H2/b13-7+/t19?,24-/m1/s1. The third-order valence-electron chi connectivity index (χ3n) is 4.28. The number of hydrogen-bond acceptors (Lipinski definition) is 1. The van der Waals surface area contributed by atoms with Crippen molar-refractivity contribution in [2.75, 3.05) is 0 Å². The third kappa shape index (κ3) is 5.10. The van der Waals surface area contributed by atoms with Gasteiger partial charge in [-0.25, -0.2) is 0 Å². The van der Waals surface area contributed by atoms with Crippen LogP contribution in [0.1, 0.15) is 36.8 Å². The Kier molecular flexibility index (Phi) is 6.07. The molecule has 1 aliphatic carbocycles. The fourth-order valence-corrected chi connectivity index (χ4v) is 2.90. The van der Waals surface area contributed by atoms with Crippen molar-refractivity contribution in [2.24, 2.45) is 0 Å². The van der Waals surface area contributed by atoms with E-state index in [1.165, 1.54) is 0 Å². The largest absolute Gasteiger partial charge is 0.388 e. The van der Waals surface area contributed by atoms with E-state index in [1.807, 2.05) is 72.8 Å². The average Bonchev–Trinajstić information content (AvgIpc) is 2.67. The lowest BCUT2D eigenvalue weighted by molar-refractivity contribution is 0.179. The Balaban J connectivity index is 1.92. The molecule has 0 spiro atoms. The van der Waals surface area contributed by atoms with E-state index in [0.29, 0.717) is 0 Å². The Bertz CT molecular complexity index is 841. The van der Waals surface area contributed by atoms with Crippen molar-refractivity contribution in [3.05, 3.63) is 89.2 Å². The van der Waals surface area contributed by atoms with Gasteiger partial charge in [-0.3, -0.25) is 0 Å². The van der Waals surface area contributed by atoms with Gasteiger partial charge >= 0.3 is 0 Å². The predicted molar refractivity (Wildman–Crippen MR) is 105 cm³/mol. The van der Waals surface area contributed by atoms with Crippen molar-refractivity contribution in [3.8, 4) is 11.8 Å². The quantitative estimate of drug-likeness (QED) is 0.590. The van der Waals surface area contributed by atoms with Gasteiger partial charge in [-0.2, -0.15) is 0 Å². The number of benzene rings is 2. The first-order valence-corrected chi connectivity index (χ1v) is 8.79. The molecule has 1 atom stereocenters. The van der Waals surface area contributed by atoms with Gasteiger partial charge in [0, 0.05) is 5.57 Å². The molecule has 2 aromatic carbocycles. The van der Waals surface area contributed by atoms with Crippen molar-refractivity contribution in [2.45, 2.75) is 31.8 Å². The molecule has 0 aliphatic heterocycles. The lowest BCUT2D eigenvalue weighted by Gasteiger charge is -2.18. The maximum atomic E-state index is 10.2. The van der Waals surface area contributed by atoms with Gasteiger partial charge in [0.2, 0.25) is 0 Å². The fourth-order valence-electron chi connectivity index (χ4n) is 2.90. The topological polar surface area (TPSA) is 20.2 Å². The minimum Gasteiger partial charge on any atom is -0.388 e. The van der Waals surface area contributed by atoms with Crippen LogP contribution in [0.5, 0.6) is 0 Å². The second-order valence-corrected chi connectivity index (χ2v) is 6.17. The first-order chi connectivity index (χ1) is 12.3. The number of aliphatic hydroxyl groups excluding tert-OH is 1. The Morgan fingerprint density at radius 3 is 2.40 bits per heavy atom. The van der Waals surface area contributed by atoms with Crippen LogP contribution in [0.2, 0.25) is 0 Å². The number of rotatable bonds is 2. The summed E-state index contributed by atoms with van der Waals surface area (Å²) in [5.74, 6) is 6.32. The first kappa shape index (κ1) is 17.1. The molecule has 1 heteroatoms. The number of hydrogen-bond donors (Lipinski definition) is 1. The Labute approximate surface area is 150 Å².